The average molecular weight is 186 g/mol. The lowest BCUT2D eigenvalue weighted by Crippen LogP contribution is -2.28. The summed E-state index contributed by atoms with van der Waals surface area (Å²) < 4.78 is 4.93. The summed E-state index contributed by atoms with van der Waals surface area (Å²) in [4.78, 5) is 21.0. The first kappa shape index (κ1) is 11.7. The van der Waals surface area contributed by atoms with Crippen molar-refractivity contribution in [3.8, 4) is 0 Å². The van der Waals surface area contributed by atoms with Gasteiger partial charge in [-0.3, -0.25) is 4.79 Å². The Morgan fingerprint density at radius 2 is 1.77 bits per heavy atom. The number of carbonyl (C=O) groups is 2. The molecule has 0 aromatic rings. The van der Waals surface area contributed by atoms with Crippen LogP contribution in [0.5, 0.6) is 0 Å². The fourth-order valence-corrected chi connectivity index (χ4v) is 0.799. The van der Waals surface area contributed by atoms with Crippen molar-refractivity contribution in [2.24, 2.45) is 0 Å². The van der Waals surface area contributed by atoms with Crippen LogP contribution in [0.2, 0.25) is 0 Å². The molecule has 13 heavy (non-hydrogen) atoms. The van der Waals surface area contributed by atoms with Crippen molar-refractivity contribution in [2.75, 3.05) is 0 Å². The molecule has 0 aliphatic carbocycles. The Morgan fingerprint density at radius 3 is 2.08 bits per heavy atom. The van der Waals surface area contributed by atoms with Crippen LogP contribution in [-0.2, 0) is 14.3 Å². The van der Waals surface area contributed by atoms with E-state index in [9.17, 15) is 9.59 Å². The lowest BCUT2D eigenvalue weighted by Gasteiger charge is -2.24. The summed E-state index contributed by atoms with van der Waals surface area (Å²) in [5.74, 6) is -1.47. The maximum atomic E-state index is 10.7. The van der Waals surface area contributed by atoms with E-state index in [2.05, 4.69) is 0 Å². The summed E-state index contributed by atoms with van der Waals surface area (Å²) in [6.07, 6.45) is 1.03. The van der Waals surface area contributed by atoms with E-state index in [4.69, 9.17) is 9.84 Å². The van der Waals surface area contributed by atoms with Gasteiger partial charge in [-0.15, -0.1) is 0 Å². The van der Waals surface area contributed by atoms with Crippen molar-refractivity contribution >= 4 is 11.9 Å². The molecule has 0 aromatic carbocycles. The molecule has 0 aliphatic heterocycles. The number of carboxylic acids is 1. The molecule has 74 valence electrons. The predicted octanol–water partition coefficient (Wildman–Crippen LogP) is 1.36. The maximum Gasteiger partial charge on any atom is 0.328 e. The molecule has 0 heterocycles. The first-order valence-electron chi connectivity index (χ1n) is 3.87. The fraction of sp³-hybridized carbons (Fsp3) is 0.556. The molecule has 0 saturated heterocycles. The summed E-state index contributed by atoms with van der Waals surface area (Å²) in [5.41, 5.74) is -0.361. The van der Waals surface area contributed by atoms with Crippen molar-refractivity contribution in [3.05, 3.63) is 11.6 Å². The lowest BCUT2D eigenvalue weighted by molar-refractivity contribution is -0.150. The van der Waals surface area contributed by atoms with E-state index in [-0.39, 0.29) is 0 Å². The van der Waals surface area contributed by atoms with E-state index in [1.807, 2.05) is 0 Å². The molecule has 0 rings (SSSR count). The largest absolute Gasteiger partial charge is 0.478 e. The monoisotopic (exact) mass is 186 g/mol. The van der Waals surface area contributed by atoms with Crippen LogP contribution in [0, 0.1) is 0 Å². The highest BCUT2D eigenvalue weighted by atomic mass is 16.6. The number of hydrogen-bond donors (Lipinski definition) is 1. The van der Waals surface area contributed by atoms with Gasteiger partial charge in [0.1, 0.15) is 5.60 Å². The van der Waals surface area contributed by atoms with Gasteiger partial charge in [0.2, 0.25) is 0 Å². The van der Waals surface area contributed by atoms with Crippen LogP contribution in [0.1, 0.15) is 27.7 Å². The number of hydrogen-bond acceptors (Lipinski definition) is 3. The third kappa shape index (κ3) is 4.30. The van der Waals surface area contributed by atoms with Gasteiger partial charge in [-0.2, -0.15) is 0 Å². The van der Waals surface area contributed by atoms with Gasteiger partial charge in [0.15, 0.2) is 0 Å². The molecule has 0 saturated carbocycles. The molecule has 0 aliphatic rings. The predicted molar refractivity (Wildman–Crippen MR) is 47.2 cm³/mol. The van der Waals surface area contributed by atoms with Crippen molar-refractivity contribution in [3.63, 3.8) is 0 Å². The highest BCUT2D eigenvalue weighted by Crippen LogP contribution is 2.20. The standard InChI is InChI=1S/C9H14O4/c1-6(5-8(11)12)9(3,4)13-7(2)10/h5H,1-4H3,(H,11,12)/b6-5+. The van der Waals surface area contributed by atoms with Crippen molar-refractivity contribution < 1.29 is 19.4 Å². The van der Waals surface area contributed by atoms with Gasteiger partial charge < -0.3 is 9.84 Å². The van der Waals surface area contributed by atoms with Gasteiger partial charge in [-0.1, -0.05) is 0 Å². The molecule has 0 unspecified atom stereocenters. The molecular formula is C9H14O4. The second-order valence-corrected chi connectivity index (χ2v) is 3.27. The zero-order valence-corrected chi connectivity index (χ0v) is 8.25. The minimum absolute atomic E-state index is 0.428. The smallest absolute Gasteiger partial charge is 0.328 e. The van der Waals surface area contributed by atoms with E-state index >= 15 is 0 Å². The van der Waals surface area contributed by atoms with Crippen LogP contribution in [0.4, 0.5) is 0 Å². The van der Waals surface area contributed by atoms with Crippen LogP contribution < -0.4 is 0 Å². The molecule has 0 radical (unpaired) electrons. The van der Waals surface area contributed by atoms with Crippen LogP contribution in [-0.4, -0.2) is 22.6 Å². The Labute approximate surface area is 77.2 Å². The maximum absolute atomic E-state index is 10.7. The minimum atomic E-state index is -1.04. The summed E-state index contributed by atoms with van der Waals surface area (Å²) >= 11 is 0. The first-order chi connectivity index (χ1) is 5.75. The molecule has 0 bridgehead atoms. The average Bonchev–Trinajstić information content (AvgIpc) is 1.81. The molecule has 1 N–H and O–H groups in total. The Hall–Kier alpha value is -1.32. The van der Waals surface area contributed by atoms with Gasteiger partial charge in [0.05, 0.1) is 0 Å². The quantitative estimate of drug-likeness (QED) is 0.534. The highest BCUT2D eigenvalue weighted by molar-refractivity contribution is 5.81. The second-order valence-electron chi connectivity index (χ2n) is 3.27. The second kappa shape index (κ2) is 4.07. The summed E-state index contributed by atoms with van der Waals surface area (Å²) in [7, 11) is 0. The van der Waals surface area contributed by atoms with E-state index < -0.39 is 17.5 Å². The zero-order chi connectivity index (χ0) is 10.6. The summed E-state index contributed by atoms with van der Waals surface area (Å²) in [6.45, 7) is 6.18. The molecule has 0 amide bonds. The van der Waals surface area contributed by atoms with Gasteiger partial charge >= 0.3 is 11.9 Å². The first-order valence-corrected chi connectivity index (χ1v) is 3.87. The Kier molecular flexibility index (Phi) is 3.66. The zero-order valence-electron chi connectivity index (χ0n) is 8.25. The number of aliphatic carboxylic acids is 1. The van der Waals surface area contributed by atoms with E-state index in [0.29, 0.717) is 5.57 Å². The molecule has 4 nitrogen and oxygen atoms in total. The van der Waals surface area contributed by atoms with Crippen molar-refractivity contribution in [2.45, 2.75) is 33.3 Å². The minimum Gasteiger partial charge on any atom is -0.478 e. The van der Waals surface area contributed by atoms with Crippen LogP contribution in [0.15, 0.2) is 11.6 Å². The summed E-state index contributed by atoms with van der Waals surface area (Å²) in [6, 6.07) is 0. The molecular weight excluding hydrogens is 172 g/mol. The number of esters is 1. The van der Waals surface area contributed by atoms with Gasteiger partial charge in [0, 0.05) is 13.0 Å². The third-order valence-corrected chi connectivity index (χ3v) is 1.69. The normalized spacial score (nSPS) is 12.5. The highest BCUT2D eigenvalue weighted by Gasteiger charge is 2.23. The number of rotatable bonds is 3. The number of carbonyl (C=O) groups excluding carboxylic acids is 1. The Bertz CT molecular complexity index is 250. The fourth-order valence-electron chi connectivity index (χ4n) is 0.799. The molecule has 0 atom stereocenters. The van der Waals surface area contributed by atoms with Crippen molar-refractivity contribution in [1.29, 1.82) is 0 Å². The lowest BCUT2D eigenvalue weighted by atomic mass is 9.99. The topological polar surface area (TPSA) is 63.6 Å². The van der Waals surface area contributed by atoms with E-state index in [1.165, 1.54) is 6.92 Å². The van der Waals surface area contributed by atoms with Gasteiger partial charge in [-0.25, -0.2) is 4.79 Å². The number of carboxylic acid groups (broad SMARTS) is 1. The van der Waals surface area contributed by atoms with Gasteiger partial charge in [0.25, 0.3) is 0 Å². The SMILES string of the molecule is CC(=O)OC(C)(C)/C(C)=C/C(=O)O. The molecule has 0 spiro atoms. The van der Waals surface area contributed by atoms with Gasteiger partial charge in [-0.05, 0) is 26.3 Å². The van der Waals surface area contributed by atoms with Crippen molar-refractivity contribution in [1.82, 2.24) is 0 Å². The molecule has 0 fully saturated rings. The van der Waals surface area contributed by atoms with E-state index in [0.717, 1.165) is 6.08 Å². The van der Waals surface area contributed by atoms with Crippen LogP contribution in [0.25, 0.3) is 0 Å². The molecule has 4 heteroatoms. The van der Waals surface area contributed by atoms with Crippen LogP contribution >= 0.6 is 0 Å². The Morgan fingerprint density at radius 1 is 1.31 bits per heavy atom. The summed E-state index contributed by atoms with van der Waals surface area (Å²) in [5, 5.41) is 8.46. The molecule has 0 aromatic heterocycles. The van der Waals surface area contributed by atoms with E-state index in [1.54, 1.807) is 20.8 Å². The number of ether oxygens (including phenoxy) is 1. The Balaban J connectivity index is 4.62. The third-order valence-electron chi connectivity index (χ3n) is 1.69. The van der Waals surface area contributed by atoms with Crippen LogP contribution in [0.3, 0.4) is 0 Å².